The van der Waals surface area contributed by atoms with E-state index in [9.17, 15) is 13.2 Å². The second-order valence-electron chi connectivity index (χ2n) is 4.28. The van der Waals surface area contributed by atoms with E-state index >= 15 is 0 Å². The Morgan fingerprint density at radius 3 is 2.71 bits per heavy atom. The van der Waals surface area contributed by atoms with E-state index in [0.29, 0.717) is 6.61 Å². The molecule has 0 radical (unpaired) electrons. The van der Waals surface area contributed by atoms with Crippen molar-refractivity contribution in [1.29, 1.82) is 0 Å². The number of rotatable bonds is 7. The number of nitrogens with two attached hydrogens (primary N) is 1. The highest BCUT2D eigenvalue weighted by Crippen LogP contribution is 2.26. The molecule has 0 heterocycles. The molecule has 0 aliphatic carbocycles. The quantitative estimate of drug-likeness (QED) is 0.492. The number of carbonyl (C=O) groups is 1. The number of halogens is 1. The Hall–Kier alpha value is -1.35. The minimum atomic E-state index is -4.00. The Balaban J connectivity index is 2.83. The van der Waals surface area contributed by atoms with Crippen molar-refractivity contribution < 1.29 is 17.9 Å². The summed E-state index contributed by atoms with van der Waals surface area (Å²) < 4.78 is 31.5. The number of ether oxygens (including phenoxy) is 1. The smallest absolute Gasteiger partial charge is 0.244 e. The Kier molecular flexibility index (Phi) is 6.41. The van der Waals surface area contributed by atoms with Crippen LogP contribution in [0.2, 0.25) is 5.02 Å². The molecule has 1 aromatic rings. The van der Waals surface area contributed by atoms with Gasteiger partial charge in [0.2, 0.25) is 15.9 Å². The third-order valence-electron chi connectivity index (χ3n) is 2.60. The Bertz CT molecular complexity index is 586. The zero-order chi connectivity index (χ0) is 16.0. The molecule has 0 saturated carbocycles. The van der Waals surface area contributed by atoms with Gasteiger partial charge < -0.3 is 15.8 Å². The number of anilines is 1. The van der Waals surface area contributed by atoms with Crippen LogP contribution < -0.4 is 15.8 Å². The zero-order valence-electron chi connectivity index (χ0n) is 11.7. The van der Waals surface area contributed by atoms with Crippen molar-refractivity contribution in [1.82, 2.24) is 10.0 Å². The number of amides is 1. The second kappa shape index (κ2) is 7.60. The lowest BCUT2D eigenvalue weighted by Gasteiger charge is -2.16. The number of carbonyl (C=O) groups excluding carboxylic acids is 1. The molecule has 1 atom stereocenters. The SMILES string of the molecule is COCCNC(=O)C(C)NS(=O)(=O)c1c(N)cccc1Cl. The van der Waals surface area contributed by atoms with Gasteiger partial charge in [-0.25, -0.2) is 8.42 Å². The van der Waals surface area contributed by atoms with Crippen LogP contribution in [-0.2, 0) is 19.6 Å². The van der Waals surface area contributed by atoms with Gasteiger partial charge in [0.05, 0.1) is 23.4 Å². The van der Waals surface area contributed by atoms with Crippen molar-refractivity contribution in [3.8, 4) is 0 Å². The standard InChI is InChI=1S/C12H18ClN3O4S/c1-8(12(17)15-6-7-20-2)16-21(18,19)11-9(13)4-3-5-10(11)14/h3-5,8,16H,6-7,14H2,1-2H3,(H,15,17). The molecular formula is C12H18ClN3O4S. The number of methoxy groups -OCH3 is 1. The van der Waals surface area contributed by atoms with Crippen LogP contribution in [0.4, 0.5) is 5.69 Å². The lowest BCUT2D eigenvalue weighted by Crippen LogP contribution is -2.45. The maximum atomic E-state index is 12.2. The van der Waals surface area contributed by atoms with Gasteiger partial charge in [0, 0.05) is 13.7 Å². The molecule has 0 spiro atoms. The average molecular weight is 336 g/mol. The molecule has 0 fully saturated rings. The second-order valence-corrected chi connectivity index (χ2v) is 6.34. The maximum absolute atomic E-state index is 12.2. The fourth-order valence-corrected chi connectivity index (χ4v) is 3.46. The highest BCUT2D eigenvalue weighted by molar-refractivity contribution is 7.89. The van der Waals surface area contributed by atoms with Gasteiger partial charge in [-0.2, -0.15) is 4.72 Å². The Morgan fingerprint density at radius 1 is 1.48 bits per heavy atom. The number of hydrogen-bond acceptors (Lipinski definition) is 5. The molecule has 9 heteroatoms. The molecule has 118 valence electrons. The van der Waals surface area contributed by atoms with Crippen molar-refractivity contribution in [3.63, 3.8) is 0 Å². The molecule has 0 saturated heterocycles. The van der Waals surface area contributed by atoms with E-state index in [2.05, 4.69) is 10.0 Å². The highest BCUT2D eigenvalue weighted by Gasteiger charge is 2.25. The number of hydrogen-bond donors (Lipinski definition) is 3. The topological polar surface area (TPSA) is 111 Å². The Morgan fingerprint density at radius 2 is 2.14 bits per heavy atom. The van der Waals surface area contributed by atoms with Crippen LogP contribution in [0.5, 0.6) is 0 Å². The van der Waals surface area contributed by atoms with E-state index < -0.39 is 22.0 Å². The van der Waals surface area contributed by atoms with Crippen LogP contribution in [0.3, 0.4) is 0 Å². The summed E-state index contributed by atoms with van der Waals surface area (Å²) in [5.41, 5.74) is 5.65. The maximum Gasteiger partial charge on any atom is 0.244 e. The van der Waals surface area contributed by atoms with E-state index in [0.717, 1.165) is 0 Å². The third-order valence-corrected chi connectivity index (χ3v) is 4.68. The van der Waals surface area contributed by atoms with Crippen molar-refractivity contribution in [2.75, 3.05) is 26.0 Å². The summed E-state index contributed by atoms with van der Waals surface area (Å²) in [4.78, 5) is 11.5. The monoisotopic (exact) mass is 335 g/mol. The summed E-state index contributed by atoms with van der Waals surface area (Å²) in [6.45, 7) is 2.05. The van der Waals surface area contributed by atoms with Crippen molar-refractivity contribution >= 4 is 33.2 Å². The van der Waals surface area contributed by atoms with Gasteiger partial charge >= 0.3 is 0 Å². The molecule has 0 aliphatic rings. The molecule has 0 aliphatic heterocycles. The fourth-order valence-electron chi connectivity index (χ4n) is 1.58. The first-order valence-electron chi connectivity index (χ1n) is 6.12. The number of nitrogen functional groups attached to an aromatic ring is 1. The minimum Gasteiger partial charge on any atom is -0.398 e. The third kappa shape index (κ3) is 4.85. The van der Waals surface area contributed by atoms with E-state index in [1.165, 1.54) is 32.2 Å². The predicted octanol–water partition coefficient (Wildman–Crippen LogP) is 0.352. The van der Waals surface area contributed by atoms with Crippen molar-refractivity contribution in [2.45, 2.75) is 17.9 Å². The van der Waals surface area contributed by atoms with Crippen LogP contribution in [0.1, 0.15) is 6.92 Å². The van der Waals surface area contributed by atoms with Gasteiger partial charge in [0.15, 0.2) is 0 Å². The lowest BCUT2D eigenvalue weighted by atomic mass is 10.3. The number of nitrogens with one attached hydrogen (secondary N) is 2. The fraction of sp³-hybridized carbons (Fsp3) is 0.417. The van der Waals surface area contributed by atoms with Gasteiger partial charge in [-0.3, -0.25) is 4.79 Å². The first-order chi connectivity index (χ1) is 9.79. The van der Waals surface area contributed by atoms with E-state index in [1.54, 1.807) is 0 Å². The van der Waals surface area contributed by atoms with Gasteiger partial charge in [0.1, 0.15) is 4.90 Å². The summed E-state index contributed by atoms with van der Waals surface area (Å²) in [5, 5.41) is 2.53. The summed E-state index contributed by atoms with van der Waals surface area (Å²) in [6.07, 6.45) is 0. The van der Waals surface area contributed by atoms with Gasteiger partial charge in [-0.15, -0.1) is 0 Å². The molecule has 1 amide bonds. The largest absolute Gasteiger partial charge is 0.398 e. The first kappa shape index (κ1) is 17.7. The molecule has 0 aromatic heterocycles. The molecule has 7 nitrogen and oxygen atoms in total. The molecular weight excluding hydrogens is 318 g/mol. The van der Waals surface area contributed by atoms with E-state index in [1.807, 2.05) is 0 Å². The van der Waals surface area contributed by atoms with Crippen LogP contribution in [0.25, 0.3) is 0 Å². The first-order valence-corrected chi connectivity index (χ1v) is 7.98. The summed E-state index contributed by atoms with van der Waals surface area (Å²) in [7, 11) is -2.50. The van der Waals surface area contributed by atoms with Gasteiger partial charge in [-0.1, -0.05) is 17.7 Å². The lowest BCUT2D eigenvalue weighted by molar-refractivity contribution is -0.122. The van der Waals surface area contributed by atoms with Gasteiger partial charge in [-0.05, 0) is 19.1 Å². The summed E-state index contributed by atoms with van der Waals surface area (Å²) >= 11 is 5.86. The van der Waals surface area contributed by atoms with E-state index in [4.69, 9.17) is 22.1 Å². The molecule has 1 unspecified atom stereocenters. The summed E-state index contributed by atoms with van der Waals surface area (Å²) in [6, 6.07) is 3.40. The predicted molar refractivity (Wildman–Crippen MR) is 80.5 cm³/mol. The molecule has 21 heavy (non-hydrogen) atoms. The van der Waals surface area contributed by atoms with Gasteiger partial charge in [0.25, 0.3) is 0 Å². The highest BCUT2D eigenvalue weighted by atomic mass is 35.5. The summed E-state index contributed by atoms with van der Waals surface area (Å²) in [5.74, 6) is -0.471. The normalized spacial score (nSPS) is 12.9. The molecule has 1 aromatic carbocycles. The zero-order valence-corrected chi connectivity index (χ0v) is 13.3. The average Bonchev–Trinajstić information content (AvgIpc) is 2.37. The number of benzene rings is 1. The van der Waals surface area contributed by atoms with Crippen molar-refractivity contribution in [3.05, 3.63) is 23.2 Å². The molecule has 4 N–H and O–H groups in total. The van der Waals surface area contributed by atoms with Crippen molar-refractivity contribution in [2.24, 2.45) is 0 Å². The van der Waals surface area contributed by atoms with Crippen LogP contribution >= 0.6 is 11.6 Å². The minimum absolute atomic E-state index is 0.00510. The van der Waals surface area contributed by atoms with Crippen LogP contribution in [0, 0.1) is 0 Å². The van der Waals surface area contributed by atoms with Crippen LogP contribution in [-0.4, -0.2) is 40.6 Å². The van der Waals surface area contributed by atoms with Crippen LogP contribution in [0.15, 0.2) is 23.1 Å². The molecule has 1 rings (SSSR count). The van der Waals surface area contributed by atoms with E-state index in [-0.39, 0.29) is 22.2 Å². The Labute approximate surface area is 128 Å². The number of sulfonamides is 1. The molecule has 0 bridgehead atoms.